The highest BCUT2D eigenvalue weighted by molar-refractivity contribution is 7.13. The molecule has 47 heavy (non-hydrogen) atoms. The Kier molecular flexibility index (Phi) is 10.9. The van der Waals surface area contributed by atoms with Gasteiger partial charge in [-0.1, -0.05) is 32.9 Å². The molecule has 1 saturated heterocycles. The number of amides is 4. The molecule has 0 spiro atoms. The lowest BCUT2D eigenvalue weighted by atomic mass is 9.85. The fourth-order valence-corrected chi connectivity index (χ4v) is 6.00. The van der Waals surface area contributed by atoms with Gasteiger partial charge in [-0.25, -0.2) is 14.2 Å². The molecular weight excluding hydrogens is 629 g/mol. The molecule has 1 aromatic heterocycles. The van der Waals surface area contributed by atoms with Crippen LogP contribution >= 0.6 is 11.3 Å². The van der Waals surface area contributed by atoms with Gasteiger partial charge >= 0.3 is 6.09 Å². The topological polar surface area (TPSA) is 159 Å². The number of carbonyl (C=O) groups excluding carboxylic acids is 4. The zero-order chi connectivity index (χ0) is 34.7. The van der Waals surface area contributed by atoms with Crippen LogP contribution in [0.1, 0.15) is 72.1 Å². The van der Waals surface area contributed by atoms with E-state index in [0.29, 0.717) is 11.3 Å². The molecule has 3 atom stereocenters. The van der Waals surface area contributed by atoms with E-state index in [2.05, 4.69) is 20.9 Å². The van der Waals surface area contributed by atoms with Gasteiger partial charge in [-0.3, -0.25) is 14.4 Å². The highest BCUT2D eigenvalue weighted by Gasteiger charge is 2.53. The van der Waals surface area contributed by atoms with E-state index in [9.17, 15) is 28.7 Å². The van der Waals surface area contributed by atoms with Crippen LogP contribution in [-0.4, -0.2) is 88.0 Å². The second kappa shape index (κ2) is 14.1. The van der Waals surface area contributed by atoms with Crippen LogP contribution in [0.15, 0.2) is 23.7 Å². The molecule has 4 amide bonds. The highest BCUT2D eigenvalue weighted by Crippen LogP contribution is 2.40. The standard InChI is InChI=1S/C33H46FN5O7S/c1-19-25(47-18-37-19)20-8-9-21(24(14-20)45-13-12-35-30(44)46-32(5,6)7)16-36-27(41)23-15-22(40)17-39(23)28(42)26(31(2,3)4)38-29(43)33(34)10-11-33/h8-9,14,18,22-23,26,40H,10-13,15-17H2,1-7H3,(H,35,44)(H,36,41)(H,38,43)/t22-,23+,26-/m1/s1. The number of carbonyl (C=O) groups is 4. The molecule has 4 N–H and O–H groups in total. The number of β-amino-alcohol motifs (C(OH)–C–C–N with tert-alkyl or cyclic N) is 1. The van der Waals surface area contributed by atoms with Crippen LogP contribution in [0.5, 0.6) is 5.75 Å². The number of alkyl halides is 1. The maximum absolute atomic E-state index is 14.5. The van der Waals surface area contributed by atoms with Crippen molar-refractivity contribution in [1.82, 2.24) is 25.8 Å². The van der Waals surface area contributed by atoms with Crippen molar-refractivity contribution in [2.45, 2.75) is 104 Å². The summed E-state index contributed by atoms with van der Waals surface area (Å²) in [6.07, 6.45) is -1.29. The smallest absolute Gasteiger partial charge is 0.407 e. The molecule has 12 nitrogen and oxygen atoms in total. The molecule has 0 radical (unpaired) electrons. The fraction of sp³-hybridized carbons (Fsp3) is 0.606. The summed E-state index contributed by atoms with van der Waals surface area (Å²) >= 11 is 1.49. The monoisotopic (exact) mass is 675 g/mol. The molecule has 2 aromatic rings. The van der Waals surface area contributed by atoms with Crippen molar-refractivity contribution >= 4 is 35.2 Å². The zero-order valence-corrected chi connectivity index (χ0v) is 28.9. The summed E-state index contributed by atoms with van der Waals surface area (Å²) in [6, 6.07) is 3.48. The molecule has 14 heteroatoms. The Morgan fingerprint density at radius 2 is 1.85 bits per heavy atom. The maximum Gasteiger partial charge on any atom is 0.407 e. The van der Waals surface area contributed by atoms with Crippen molar-refractivity contribution in [2.75, 3.05) is 19.7 Å². The van der Waals surface area contributed by atoms with Crippen LogP contribution in [0.3, 0.4) is 0 Å². The van der Waals surface area contributed by atoms with Crippen molar-refractivity contribution in [3.05, 3.63) is 35.0 Å². The number of aromatic nitrogens is 1. The lowest BCUT2D eigenvalue weighted by Crippen LogP contribution is -2.59. The van der Waals surface area contributed by atoms with Crippen LogP contribution in [0.4, 0.5) is 9.18 Å². The average molecular weight is 676 g/mol. The third-order valence-electron chi connectivity index (χ3n) is 7.90. The zero-order valence-electron chi connectivity index (χ0n) is 28.1. The summed E-state index contributed by atoms with van der Waals surface area (Å²) in [5.74, 6) is -1.40. The first-order chi connectivity index (χ1) is 21.9. The van der Waals surface area contributed by atoms with Crippen molar-refractivity contribution in [2.24, 2.45) is 5.41 Å². The first kappa shape index (κ1) is 36.1. The number of hydrogen-bond acceptors (Lipinski definition) is 9. The third-order valence-corrected chi connectivity index (χ3v) is 8.88. The van der Waals surface area contributed by atoms with Crippen LogP contribution in [-0.2, 0) is 25.7 Å². The normalized spacial score (nSPS) is 19.5. The Morgan fingerprint density at radius 1 is 1.15 bits per heavy atom. The molecule has 1 aliphatic heterocycles. The van der Waals surface area contributed by atoms with E-state index in [4.69, 9.17) is 9.47 Å². The Labute approximate surface area is 278 Å². The first-order valence-electron chi connectivity index (χ1n) is 15.8. The SMILES string of the molecule is Cc1ncsc1-c1ccc(CNC(=O)[C@@H]2C[C@@H](O)CN2C(=O)[C@@H](NC(=O)C2(F)CC2)C(C)(C)C)c(OCCNC(=O)OC(C)(C)C)c1. The summed E-state index contributed by atoms with van der Waals surface area (Å²) in [5.41, 5.74) is 0.756. The lowest BCUT2D eigenvalue weighted by molar-refractivity contribution is -0.145. The van der Waals surface area contributed by atoms with Gasteiger partial charge in [-0.2, -0.15) is 0 Å². The van der Waals surface area contributed by atoms with Crippen molar-refractivity contribution in [3.8, 4) is 16.2 Å². The molecule has 0 unspecified atom stereocenters. The lowest BCUT2D eigenvalue weighted by Gasteiger charge is -2.35. The molecule has 258 valence electrons. The average Bonchev–Trinajstić information content (AvgIpc) is 3.38. The number of halogens is 1. The minimum atomic E-state index is -1.97. The number of hydrogen-bond donors (Lipinski definition) is 4. The van der Waals surface area contributed by atoms with Gasteiger partial charge in [-0.15, -0.1) is 11.3 Å². The maximum atomic E-state index is 14.5. The number of likely N-dealkylation sites (tertiary alicyclic amines) is 1. The van der Waals surface area contributed by atoms with E-state index in [0.717, 1.165) is 16.1 Å². The van der Waals surface area contributed by atoms with Gasteiger partial charge in [0.1, 0.15) is 30.0 Å². The molecule has 2 aliphatic rings. The largest absolute Gasteiger partial charge is 0.491 e. The quantitative estimate of drug-likeness (QED) is 0.263. The number of benzene rings is 1. The number of aryl methyl sites for hydroxylation is 1. The number of nitrogens with zero attached hydrogens (tertiary/aromatic N) is 2. The highest BCUT2D eigenvalue weighted by atomic mass is 32.1. The second-order valence-electron chi connectivity index (χ2n) is 14.2. The molecular formula is C33H46FN5O7S. The summed E-state index contributed by atoms with van der Waals surface area (Å²) in [6.45, 7) is 12.7. The Balaban J connectivity index is 1.46. The minimum Gasteiger partial charge on any atom is -0.491 e. The van der Waals surface area contributed by atoms with E-state index in [1.807, 2.05) is 25.1 Å². The molecule has 2 heterocycles. The molecule has 4 rings (SSSR count). The Bertz CT molecular complexity index is 1480. The third kappa shape index (κ3) is 9.40. The van der Waals surface area contributed by atoms with E-state index in [1.165, 1.54) is 16.2 Å². The van der Waals surface area contributed by atoms with E-state index >= 15 is 0 Å². The van der Waals surface area contributed by atoms with Crippen LogP contribution < -0.4 is 20.7 Å². The molecule has 1 saturated carbocycles. The van der Waals surface area contributed by atoms with Gasteiger partial charge in [0, 0.05) is 25.1 Å². The number of ether oxygens (including phenoxy) is 2. The summed E-state index contributed by atoms with van der Waals surface area (Å²) < 4.78 is 25.8. The molecule has 0 bridgehead atoms. The fourth-order valence-electron chi connectivity index (χ4n) is 5.20. The van der Waals surface area contributed by atoms with Gasteiger partial charge in [0.05, 0.1) is 28.7 Å². The number of rotatable bonds is 11. The molecule has 1 aromatic carbocycles. The Morgan fingerprint density at radius 3 is 2.45 bits per heavy atom. The van der Waals surface area contributed by atoms with E-state index in [1.54, 1.807) is 47.1 Å². The predicted octanol–water partition coefficient (Wildman–Crippen LogP) is 3.63. The van der Waals surface area contributed by atoms with Gasteiger partial charge in [0.15, 0.2) is 5.67 Å². The van der Waals surface area contributed by atoms with Crippen LogP contribution in [0.25, 0.3) is 10.4 Å². The number of alkyl carbamates (subject to hydrolysis) is 1. The number of aliphatic hydroxyl groups is 1. The van der Waals surface area contributed by atoms with E-state index < -0.39 is 58.7 Å². The summed E-state index contributed by atoms with van der Waals surface area (Å²) in [5, 5.41) is 18.6. The summed E-state index contributed by atoms with van der Waals surface area (Å²) in [4.78, 5) is 58.4. The van der Waals surface area contributed by atoms with Crippen molar-refractivity contribution in [3.63, 3.8) is 0 Å². The van der Waals surface area contributed by atoms with E-state index in [-0.39, 0.29) is 45.5 Å². The van der Waals surface area contributed by atoms with Gasteiger partial charge < -0.3 is 35.4 Å². The number of aliphatic hydroxyl groups excluding tert-OH is 1. The van der Waals surface area contributed by atoms with Crippen LogP contribution in [0.2, 0.25) is 0 Å². The van der Waals surface area contributed by atoms with Crippen molar-refractivity contribution < 1.29 is 38.1 Å². The molecule has 2 fully saturated rings. The number of nitrogens with one attached hydrogen (secondary N) is 3. The first-order valence-corrected chi connectivity index (χ1v) is 16.6. The van der Waals surface area contributed by atoms with Crippen molar-refractivity contribution in [1.29, 1.82) is 0 Å². The minimum absolute atomic E-state index is 0.0126. The van der Waals surface area contributed by atoms with Gasteiger partial charge in [0.25, 0.3) is 5.91 Å². The molecule has 1 aliphatic carbocycles. The predicted molar refractivity (Wildman–Crippen MR) is 174 cm³/mol. The summed E-state index contributed by atoms with van der Waals surface area (Å²) in [7, 11) is 0. The van der Waals surface area contributed by atoms with Gasteiger partial charge in [0.2, 0.25) is 11.8 Å². The Hall–Kier alpha value is -3.78. The second-order valence-corrected chi connectivity index (χ2v) is 15.1. The van der Waals surface area contributed by atoms with Gasteiger partial charge in [-0.05, 0) is 57.6 Å². The van der Waals surface area contributed by atoms with Crippen LogP contribution in [0, 0.1) is 12.3 Å². The number of thiazole rings is 1.